The fourth-order valence-corrected chi connectivity index (χ4v) is 2.17. The van der Waals surface area contributed by atoms with E-state index in [0.717, 1.165) is 13.1 Å². The second-order valence-corrected chi connectivity index (χ2v) is 4.66. The summed E-state index contributed by atoms with van der Waals surface area (Å²) in [6, 6.07) is 0. The van der Waals surface area contributed by atoms with Gasteiger partial charge in [0.1, 0.15) is 6.33 Å². The van der Waals surface area contributed by atoms with E-state index in [-0.39, 0.29) is 0 Å². The topological polar surface area (TPSA) is 83.8 Å². The maximum atomic E-state index is 4.43. The second kappa shape index (κ2) is 5.83. The Bertz CT molecular complexity index is 547. The summed E-state index contributed by atoms with van der Waals surface area (Å²) in [5.41, 5.74) is 3.26. The molecule has 0 unspecified atom stereocenters. The number of rotatable bonds is 4. The van der Waals surface area contributed by atoms with Crippen molar-refractivity contribution < 1.29 is 0 Å². The van der Waals surface area contributed by atoms with Crippen LogP contribution in [0.25, 0.3) is 5.95 Å². The smallest absolute Gasteiger partial charge is 0.244 e. The fraction of sp³-hybridized carbons (Fsp3) is 0.500. The van der Waals surface area contributed by atoms with Gasteiger partial charge in [-0.1, -0.05) is 6.42 Å². The average molecular weight is 274 g/mol. The summed E-state index contributed by atoms with van der Waals surface area (Å²) >= 11 is 0. The lowest BCUT2D eigenvalue weighted by atomic mass is 10.2. The maximum Gasteiger partial charge on any atom is 0.244 e. The SMILES string of the molecule is CNc1nc(NN2CCCCC2)nc(-n2ccnc2)n1. The van der Waals surface area contributed by atoms with Gasteiger partial charge in [-0.2, -0.15) is 15.0 Å². The summed E-state index contributed by atoms with van der Waals surface area (Å²) in [6.07, 6.45) is 8.85. The monoisotopic (exact) mass is 274 g/mol. The average Bonchev–Trinajstić information content (AvgIpc) is 3.02. The highest BCUT2D eigenvalue weighted by atomic mass is 15.5. The van der Waals surface area contributed by atoms with Crippen LogP contribution in [0, 0.1) is 0 Å². The van der Waals surface area contributed by atoms with Crippen LogP contribution in [0.5, 0.6) is 0 Å². The van der Waals surface area contributed by atoms with Crippen LogP contribution < -0.4 is 10.7 Å². The lowest BCUT2D eigenvalue weighted by molar-refractivity contribution is 0.271. The number of imidazole rings is 1. The van der Waals surface area contributed by atoms with Crippen LogP contribution in [-0.4, -0.2) is 49.6 Å². The number of piperidine rings is 1. The minimum atomic E-state index is 0.531. The molecule has 0 bridgehead atoms. The van der Waals surface area contributed by atoms with Gasteiger partial charge in [0.25, 0.3) is 0 Å². The van der Waals surface area contributed by atoms with Crippen LogP contribution in [0.2, 0.25) is 0 Å². The third kappa shape index (κ3) is 2.85. The lowest BCUT2D eigenvalue weighted by Gasteiger charge is -2.26. The molecule has 1 aliphatic heterocycles. The van der Waals surface area contributed by atoms with E-state index >= 15 is 0 Å². The number of anilines is 2. The highest BCUT2D eigenvalue weighted by Gasteiger charge is 2.13. The van der Waals surface area contributed by atoms with Gasteiger partial charge in [0.2, 0.25) is 17.8 Å². The Morgan fingerprint density at radius 2 is 1.85 bits per heavy atom. The van der Waals surface area contributed by atoms with Gasteiger partial charge in [0.05, 0.1) is 0 Å². The van der Waals surface area contributed by atoms with E-state index in [1.165, 1.54) is 19.3 Å². The first-order valence-electron chi connectivity index (χ1n) is 6.79. The van der Waals surface area contributed by atoms with E-state index in [2.05, 4.69) is 35.7 Å². The summed E-state index contributed by atoms with van der Waals surface area (Å²) < 4.78 is 1.75. The predicted molar refractivity (Wildman–Crippen MR) is 75.5 cm³/mol. The molecule has 1 saturated heterocycles. The van der Waals surface area contributed by atoms with E-state index in [4.69, 9.17) is 0 Å². The number of hydrazine groups is 1. The molecule has 0 saturated carbocycles. The van der Waals surface area contributed by atoms with Gasteiger partial charge < -0.3 is 5.32 Å². The molecule has 0 aromatic carbocycles. The molecule has 8 nitrogen and oxygen atoms in total. The molecule has 1 aliphatic rings. The minimum Gasteiger partial charge on any atom is -0.357 e. The largest absolute Gasteiger partial charge is 0.357 e. The fourth-order valence-electron chi connectivity index (χ4n) is 2.17. The molecular weight excluding hydrogens is 256 g/mol. The van der Waals surface area contributed by atoms with E-state index in [1.807, 2.05) is 0 Å². The van der Waals surface area contributed by atoms with Crippen LogP contribution >= 0.6 is 0 Å². The third-order valence-electron chi connectivity index (χ3n) is 3.20. The molecule has 0 aliphatic carbocycles. The van der Waals surface area contributed by atoms with Crippen molar-refractivity contribution in [2.24, 2.45) is 0 Å². The number of nitrogens with one attached hydrogen (secondary N) is 2. The van der Waals surface area contributed by atoms with Crippen molar-refractivity contribution in [3.8, 4) is 5.95 Å². The second-order valence-electron chi connectivity index (χ2n) is 4.66. The molecule has 2 aromatic heterocycles. The number of aromatic nitrogens is 5. The molecular formula is C12H18N8. The standard InChI is InChI=1S/C12H18N8/c1-13-10-15-11(18-20-6-3-2-4-7-20)17-12(16-10)19-8-5-14-9-19/h5,8-9H,2-4,6-7H2,1H3,(H2,13,15,16,17,18). The Hall–Kier alpha value is -2.22. The van der Waals surface area contributed by atoms with Gasteiger partial charge in [-0.3, -0.25) is 9.99 Å². The Balaban J connectivity index is 1.84. The molecule has 2 aromatic rings. The summed E-state index contributed by atoms with van der Waals surface area (Å²) in [7, 11) is 1.79. The van der Waals surface area contributed by atoms with Crippen molar-refractivity contribution >= 4 is 11.9 Å². The first kappa shape index (κ1) is 12.8. The molecule has 3 rings (SSSR count). The minimum absolute atomic E-state index is 0.531. The summed E-state index contributed by atoms with van der Waals surface area (Å²) in [4.78, 5) is 17.1. The Morgan fingerprint density at radius 3 is 2.55 bits per heavy atom. The van der Waals surface area contributed by atoms with Gasteiger partial charge in [-0.15, -0.1) is 0 Å². The highest BCUT2D eigenvalue weighted by molar-refractivity contribution is 5.37. The molecule has 20 heavy (non-hydrogen) atoms. The Kier molecular flexibility index (Phi) is 3.73. The Labute approximate surface area is 117 Å². The number of nitrogens with zero attached hydrogens (tertiary/aromatic N) is 6. The molecule has 0 amide bonds. The lowest BCUT2D eigenvalue weighted by Crippen LogP contribution is -2.35. The zero-order valence-electron chi connectivity index (χ0n) is 11.5. The van der Waals surface area contributed by atoms with Crippen molar-refractivity contribution in [1.82, 2.24) is 29.5 Å². The molecule has 106 valence electrons. The van der Waals surface area contributed by atoms with Crippen molar-refractivity contribution in [2.75, 3.05) is 30.9 Å². The zero-order chi connectivity index (χ0) is 13.8. The molecule has 3 heterocycles. The first-order valence-corrected chi connectivity index (χ1v) is 6.79. The van der Waals surface area contributed by atoms with E-state index in [9.17, 15) is 0 Å². The van der Waals surface area contributed by atoms with Crippen LogP contribution in [0.4, 0.5) is 11.9 Å². The molecule has 8 heteroatoms. The first-order chi connectivity index (χ1) is 9.85. The number of hydrogen-bond donors (Lipinski definition) is 2. The van der Waals surface area contributed by atoms with Gasteiger partial charge in [-0.25, -0.2) is 9.99 Å². The predicted octanol–water partition coefficient (Wildman–Crippen LogP) is 0.912. The van der Waals surface area contributed by atoms with Crippen molar-refractivity contribution in [1.29, 1.82) is 0 Å². The van der Waals surface area contributed by atoms with Crippen LogP contribution in [0.3, 0.4) is 0 Å². The molecule has 0 radical (unpaired) electrons. The quantitative estimate of drug-likeness (QED) is 0.857. The van der Waals surface area contributed by atoms with Crippen molar-refractivity contribution in [3.63, 3.8) is 0 Å². The summed E-state index contributed by atoms with van der Waals surface area (Å²) in [5, 5.41) is 5.10. The normalized spacial score (nSPS) is 16.1. The zero-order valence-corrected chi connectivity index (χ0v) is 11.5. The highest BCUT2D eigenvalue weighted by Crippen LogP contribution is 2.12. The van der Waals surface area contributed by atoms with Crippen molar-refractivity contribution in [2.45, 2.75) is 19.3 Å². The van der Waals surface area contributed by atoms with Crippen LogP contribution in [-0.2, 0) is 0 Å². The van der Waals surface area contributed by atoms with Gasteiger partial charge in [0, 0.05) is 32.5 Å². The molecule has 0 atom stereocenters. The summed E-state index contributed by atoms with van der Waals surface area (Å²) in [5.74, 6) is 1.62. The van der Waals surface area contributed by atoms with Crippen LogP contribution in [0.15, 0.2) is 18.7 Å². The van der Waals surface area contributed by atoms with E-state index < -0.39 is 0 Å². The van der Waals surface area contributed by atoms with Gasteiger partial charge in [-0.05, 0) is 12.8 Å². The summed E-state index contributed by atoms with van der Waals surface area (Å²) in [6.45, 7) is 2.03. The van der Waals surface area contributed by atoms with Crippen LogP contribution in [0.1, 0.15) is 19.3 Å². The molecule has 1 fully saturated rings. The van der Waals surface area contributed by atoms with Gasteiger partial charge in [0.15, 0.2) is 0 Å². The number of hydrogen-bond acceptors (Lipinski definition) is 7. The molecule has 0 spiro atoms. The molecule has 2 N–H and O–H groups in total. The third-order valence-corrected chi connectivity index (χ3v) is 3.20. The maximum absolute atomic E-state index is 4.43. The van der Waals surface area contributed by atoms with E-state index in [1.54, 1.807) is 30.3 Å². The van der Waals surface area contributed by atoms with E-state index in [0.29, 0.717) is 17.8 Å². The van der Waals surface area contributed by atoms with Gasteiger partial charge >= 0.3 is 0 Å². The Morgan fingerprint density at radius 1 is 1.05 bits per heavy atom. The van der Waals surface area contributed by atoms with Crippen molar-refractivity contribution in [3.05, 3.63) is 18.7 Å².